The summed E-state index contributed by atoms with van der Waals surface area (Å²) >= 11 is 7.25. The molecule has 3 aromatic rings. The first-order valence-electron chi connectivity index (χ1n) is 9.55. The fourth-order valence-electron chi connectivity index (χ4n) is 3.56. The molecule has 0 bridgehead atoms. The van der Waals surface area contributed by atoms with Gasteiger partial charge in [-0.1, -0.05) is 48.0 Å². The normalized spacial score (nSPS) is 16.2. The monoisotopic (exact) mass is 438 g/mol. The van der Waals surface area contributed by atoms with Crippen LogP contribution in [-0.2, 0) is 16.0 Å². The Labute approximate surface area is 183 Å². The Balaban J connectivity index is 1.61. The van der Waals surface area contributed by atoms with Gasteiger partial charge in [0, 0.05) is 11.6 Å². The summed E-state index contributed by atoms with van der Waals surface area (Å²) in [6, 6.07) is 19.0. The van der Waals surface area contributed by atoms with Crippen LogP contribution in [0.2, 0.25) is 5.02 Å². The zero-order valence-corrected chi connectivity index (χ0v) is 17.6. The predicted octanol–water partition coefficient (Wildman–Crippen LogP) is 4.42. The van der Waals surface area contributed by atoms with Gasteiger partial charge in [-0.15, -0.1) is 11.3 Å². The van der Waals surface area contributed by atoms with Gasteiger partial charge in [0.15, 0.2) is 0 Å². The molecular formula is C23H19ClN2O3S. The Bertz CT molecular complexity index is 1050. The molecule has 3 amide bonds. The third kappa shape index (κ3) is 4.15. The van der Waals surface area contributed by atoms with Crippen molar-refractivity contribution in [2.24, 2.45) is 0 Å². The summed E-state index contributed by atoms with van der Waals surface area (Å²) in [6.07, 6.45) is 0.560. The minimum atomic E-state index is -0.827. The van der Waals surface area contributed by atoms with E-state index in [1.165, 1.54) is 16.2 Å². The number of benzene rings is 2. The molecule has 1 fully saturated rings. The lowest BCUT2D eigenvalue weighted by atomic mass is 10.1. The number of rotatable bonds is 6. The van der Waals surface area contributed by atoms with Crippen LogP contribution in [0.3, 0.4) is 0 Å². The van der Waals surface area contributed by atoms with Crippen LogP contribution in [0.15, 0.2) is 72.1 Å². The van der Waals surface area contributed by atoms with Gasteiger partial charge in [0.05, 0.1) is 17.0 Å². The number of halogens is 1. The van der Waals surface area contributed by atoms with E-state index in [4.69, 9.17) is 11.6 Å². The highest BCUT2D eigenvalue weighted by molar-refractivity contribution is 7.12. The molecule has 0 saturated carbocycles. The van der Waals surface area contributed by atoms with Crippen molar-refractivity contribution in [3.63, 3.8) is 0 Å². The molecule has 1 aliphatic rings. The zero-order chi connectivity index (χ0) is 21.1. The summed E-state index contributed by atoms with van der Waals surface area (Å²) in [5, 5.41) is 2.34. The Morgan fingerprint density at radius 2 is 1.77 bits per heavy atom. The molecule has 0 N–H and O–H groups in total. The molecule has 7 heteroatoms. The quantitative estimate of drug-likeness (QED) is 0.535. The van der Waals surface area contributed by atoms with Gasteiger partial charge in [-0.3, -0.25) is 14.4 Å². The van der Waals surface area contributed by atoms with Crippen LogP contribution in [-0.4, -0.2) is 35.2 Å². The van der Waals surface area contributed by atoms with E-state index in [-0.39, 0.29) is 24.1 Å². The number of anilines is 1. The number of imide groups is 1. The summed E-state index contributed by atoms with van der Waals surface area (Å²) in [7, 11) is 0. The van der Waals surface area contributed by atoms with Crippen molar-refractivity contribution >= 4 is 46.3 Å². The molecule has 0 radical (unpaired) electrons. The maximum Gasteiger partial charge on any atom is 0.264 e. The summed E-state index contributed by atoms with van der Waals surface area (Å²) in [6.45, 7) is 0.346. The van der Waals surface area contributed by atoms with Crippen LogP contribution >= 0.6 is 22.9 Å². The number of nitrogens with zero attached hydrogens (tertiary/aromatic N) is 2. The van der Waals surface area contributed by atoms with Crippen LogP contribution in [0.4, 0.5) is 5.69 Å². The molecule has 5 nitrogen and oxygen atoms in total. The number of hydrogen-bond donors (Lipinski definition) is 0. The second kappa shape index (κ2) is 8.81. The van der Waals surface area contributed by atoms with Gasteiger partial charge in [0.2, 0.25) is 5.91 Å². The highest BCUT2D eigenvalue weighted by atomic mass is 35.5. The summed E-state index contributed by atoms with van der Waals surface area (Å²) in [5.41, 5.74) is 1.52. The van der Waals surface area contributed by atoms with Crippen LogP contribution in [0, 0.1) is 0 Å². The number of hydrogen-bond acceptors (Lipinski definition) is 4. The zero-order valence-electron chi connectivity index (χ0n) is 16.0. The first kappa shape index (κ1) is 20.3. The van der Waals surface area contributed by atoms with Gasteiger partial charge >= 0.3 is 0 Å². The SMILES string of the molecule is O=C1CC(N(CCc2ccccc2)C(=O)c2cccs2)C(=O)N1c1ccc(Cl)cc1. The minimum absolute atomic E-state index is 0.0344. The molecule has 2 heterocycles. The van der Waals surface area contributed by atoms with Crippen molar-refractivity contribution in [1.82, 2.24) is 4.90 Å². The van der Waals surface area contributed by atoms with Crippen molar-refractivity contribution in [1.29, 1.82) is 0 Å². The lowest BCUT2D eigenvalue weighted by Gasteiger charge is -2.27. The van der Waals surface area contributed by atoms with Crippen molar-refractivity contribution in [3.8, 4) is 0 Å². The number of thiophene rings is 1. The standard InChI is InChI=1S/C23H19ClN2O3S/c24-17-8-10-18(11-9-17)26-21(27)15-19(22(26)28)25(23(29)20-7-4-14-30-20)13-12-16-5-2-1-3-6-16/h1-11,14,19H,12-13,15H2. The van der Waals surface area contributed by atoms with E-state index in [2.05, 4.69) is 0 Å². The first-order chi connectivity index (χ1) is 14.5. The molecule has 4 rings (SSSR count). The summed E-state index contributed by atoms with van der Waals surface area (Å²) < 4.78 is 0. The van der Waals surface area contributed by atoms with Gasteiger partial charge in [-0.25, -0.2) is 4.90 Å². The van der Waals surface area contributed by atoms with E-state index in [9.17, 15) is 14.4 Å². The maximum atomic E-state index is 13.2. The Kier molecular flexibility index (Phi) is 5.97. The molecule has 1 atom stereocenters. The molecule has 152 valence electrons. The summed E-state index contributed by atoms with van der Waals surface area (Å²) in [5.74, 6) is -0.943. The van der Waals surface area contributed by atoms with Crippen molar-refractivity contribution in [2.45, 2.75) is 18.9 Å². The smallest absolute Gasteiger partial charge is 0.264 e. The molecule has 30 heavy (non-hydrogen) atoms. The number of amides is 3. The largest absolute Gasteiger partial charge is 0.325 e. The molecule has 1 saturated heterocycles. The third-order valence-corrected chi connectivity index (χ3v) is 6.17. The average Bonchev–Trinajstić information content (AvgIpc) is 3.39. The molecule has 2 aromatic carbocycles. The van der Waals surface area contributed by atoms with E-state index in [1.807, 2.05) is 35.7 Å². The van der Waals surface area contributed by atoms with Gasteiger partial charge < -0.3 is 4.90 Å². The summed E-state index contributed by atoms with van der Waals surface area (Å²) in [4.78, 5) is 42.3. The predicted molar refractivity (Wildman–Crippen MR) is 118 cm³/mol. The van der Waals surface area contributed by atoms with Gasteiger partial charge in [0.25, 0.3) is 11.8 Å². The molecule has 0 aliphatic carbocycles. The molecule has 1 aliphatic heterocycles. The van der Waals surface area contributed by atoms with Gasteiger partial charge in [0.1, 0.15) is 6.04 Å². The Morgan fingerprint density at radius 1 is 1.03 bits per heavy atom. The van der Waals surface area contributed by atoms with E-state index < -0.39 is 6.04 Å². The first-order valence-corrected chi connectivity index (χ1v) is 10.8. The van der Waals surface area contributed by atoms with Crippen molar-refractivity contribution < 1.29 is 14.4 Å². The van der Waals surface area contributed by atoms with E-state index in [0.29, 0.717) is 28.6 Å². The maximum absolute atomic E-state index is 13.2. The van der Waals surface area contributed by atoms with Crippen LogP contribution in [0.1, 0.15) is 21.7 Å². The molecular weight excluding hydrogens is 420 g/mol. The number of carbonyl (C=O) groups is 3. The molecule has 0 spiro atoms. The van der Waals surface area contributed by atoms with Crippen LogP contribution in [0.25, 0.3) is 0 Å². The number of carbonyl (C=O) groups excluding carboxylic acids is 3. The third-order valence-electron chi connectivity index (χ3n) is 5.06. The highest BCUT2D eigenvalue weighted by Crippen LogP contribution is 2.28. The van der Waals surface area contributed by atoms with Crippen LogP contribution < -0.4 is 4.90 Å². The van der Waals surface area contributed by atoms with Crippen molar-refractivity contribution in [3.05, 3.63) is 87.6 Å². The second-order valence-electron chi connectivity index (χ2n) is 6.98. The topological polar surface area (TPSA) is 57.7 Å². The van der Waals surface area contributed by atoms with Crippen LogP contribution in [0.5, 0.6) is 0 Å². The molecule has 1 unspecified atom stereocenters. The lowest BCUT2D eigenvalue weighted by molar-refractivity contribution is -0.122. The fourth-order valence-corrected chi connectivity index (χ4v) is 4.36. The van der Waals surface area contributed by atoms with Gasteiger partial charge in [-0.2, -0.15) is 0 Å². The second-order valence-corrected chi connectivity index (χ2v) is 8.36. The Morgan fingerprint density at radius 3 is 2.43 bits per heavy atom. The minimum Gasteiger partial charge on any atom is -0.325 e. The highest BCUT2D eigenvalue weighted by Gasteiger charge is 2.44. The molecule has 1 aromatic heterocycles. The van der Waals surface area contributed by atoms with E-state index in [0.717, 1.165) is 10.5 Å². The lowest BCUT2D eigenvalue weighted by Crippen LogP contribution is -2.46. The van der Waals surface area contributed by atoms with Gasteiger partial charge in [-0.05, 0) is 47.7 Å². The van der Waals surface area contributed by atoms with E-state index >= 15 is 0 Å². The average molecular weight is 439 g/mol. The Hall–Kier alpha value is -2.96. The van der Waals surface area contributed by atoms with Crippen molar-refractivity contribution in [2.75, 3.05) is 11.4 Å². The fraction of sp³-hybridized carbons (Fsp3) is 0.174. The van der Waals surface area contributed by atoms with E-state index in [1.54, 1.807) is 36.4 Å².